The first kappa shape index (κ1) is 12.2. The predicted molar refractivity (Wildman–Crippen MR) is 64.1 cm³/mol. The first-order chi connectivity index (χ1) is 7.22. The van der Waals surface area contributed by atoms with Gasteiger partial charge in [-0.05, 0) is 32.3 Å². The van der Waals surface area contributed by atoms with Crippen LogP contribution in [0.2, 0.25) is 0 Å². The second kappa shape index (κ2) is 6.59. The van der Waals surface area contributed by atoms with Crippen LogP contribution in [0.5, 0.6) is 0 Å². The highest BCUT2D eigenvalue weighted by Crippen LogP contribution is 2.07. The van der Waals surface area contributed by atoms with Gasteiger partial charge in [-0.1, -0.05) is 29.8 Å². The quantitative estimate of drug-likeness (QED) is 0.746. The maximum atomic E-state index is 8.67. The second-order valence-electron chi connectivity index (χ2n) is 4.10. The van der Waals surface area contributed by atoms with Gasteiger partial charge in [0.2, 0.25) is 0 Å². The van der Waals surface area contributed by atoms with Crippen LogP contribution < -0.4 is 5.32 Å². The van der Waals surface area contributed by atoms with Crippen LogP contribution >= 0.6 is 0 Å². The van der Waals surface area contributed by atoms with Gasteiger partial charge < -0.3 is 10.4 Å². The number of benzene rings is 1. The number of rotatable bonds is 6. The van der Waals surface area contributed by atoms with Crippen LogP contribution in [0.25, 0.3) is 0 Å². The van der Waals surface area contributed by atoms with E-state index in [1.165, 1.54) is 11.1 Å². The fraction of sp³-hybridized carbons (Fsp3) is 0.538. The molecule has 0 saturated heterocycles. The van der Waals surface area contributed by atoms with Gasteiger partial charge in [0.15, 0.2) is 0 Å². The highest BCUT2D eigenvalue weighted by molar-refractivity contribution is 5.21. The van der Waals surface area contributed by atoms with Crippen molar-refractivity contribution < 1.29 is 5.11 Å². The summed E-state index contributed by atoms with van der Waals surface area (Å²) in [6.07, 6.45) is 2.21. The van der Waals surface area contributed by atoms with Crippen LogP contribution in [0.1, 0.15) is 24.5 Å². The van der Waals surface area contributed by atoms with Crippen molar-refractivity contribution in [3.05, 3.63) is 35.4 Å². The largest absolute Gasteiger partial charge is 0.395 e. The fourth-order valence-corrected chi connectivity index (χ4v) is 1.55. The number of nitrogens with one attached hydrogen (secondary N) is 1. The van der Waals surface area contributed by atoms with Gasteiger partial charge in [-0.15, -0.1) is 0 Å². The Bertz CT molecular complexity index is 268. The van der Waals surface area contributed by atoms with Crippen LogP contribution in [-0.4, -0.2) is 24.3 Å². The first-order valence-electron chi connectivity index (χ1n) is 5.62. The summed E-state index contributed by atoms with van der Waals surface area (Å²) in [4.78, 5) is 0. The molecule has 1 atom stereocenters. The predicted octanol–water partition coefficient (Wildman–Crippen LogP) is 1.90. The Hall–Kier alpha value is -0.860. The zero-order valence-corrected chi connectivity index (χ0v) is 9.66. The van der Waals surface area contributed by atoms with Crippen molar-refractivity contribution in [2.24, 2.45) is 0 Å². The van der Waals surface area contributed by atoms with E-state index in [0.717, 1.165) is 12.8 Å². The fourth-order valence-electron chi connectivity index (χ4n) is 1.55. The monoisotopic (exact) mass is 207 g/mol. The molecule has 2 nitrogen and oxygen atoms in total. The molecule has 0 aliphatic rings. The Morgan fingerprint density at radius 1 is 1.27 bits per heavy atom. The van der Waals surface area contributed by atoms with Crippen molar-refractivity contribution in [3.8, 4) is 0 Å². The lowest BCUT2D eigenvalue weighted by molar-refractivity contribution is 0.284. The van der Waals surface area contributed by atoms with E-state index in [-0.39, 0.29) is 6.61 Å². The molecule has 0 heterocycles. The molecule has 1 aromatic carbocycles. The van der Waals surface area contributed by atoms with Crippen LogP contribution in [0.15, 0.2) is 24.3 Å². The minimum Gasteiger partial charge on any atom is -0.395 e. The molecule has 1 unspecified atom stereocenters. The molecule has 0 aliphatic carbocycles. The van der Waals surface area contributed by atoms with Crippen LogP contribution in [0.3, 0.4) is 0 Å². The van der Waals surface area contributed by atoms with Gasteiger partial charge >= 0.3 is 0 Å². The van der Waals surface area contributed by atoms with Crippen molar-refractivity contribution in [2.45, 2.75) is 32.7 Å². The summed E-state index contributed by atoms with van der Waals surface area (Å²) in [5.41, 5.74) is 2.70. The Labute approximate surface area is 92.3 Å². The Morgan fingerprint density at radius 3 is 2.53 bits per heavy atom. The second-order valence-corrected chi connectivity index (χ2v) is 4.10. The summed E-state index contributed by atoms with van der Waals surface area (Å²) in [6, 6.07) is 9.16. The molecule has 0 radical (unpaired) electrons. The summed E-state index contributed by atoms with van der Waals surface area (Å²) in [5.74, 6) is 0. The molecular formula is C13H21NO. The van der Waals surface area contributed by atoms with Crippen LogP contribution in [0.4, 0.5) is 0 Å². The van der Waals surface area contributed by atoms with Crippen molar-refractivity contribution in [3.63, 3.8) is 0 Å². The summed E-state index contributed by atoms with van der Waals surface area (Å²) in [5, 5.41) is 11.9. The van der Waals surface area contributed by atoms with E-state index in [1.807, 2.05) is 0 Å². The molecule has 1 aromatic rings. The minimum atomic E-state index is 0.217. The van der Waals surface area contributed by atoms with Gasteiger partial charge in [0.25, 0.3) is 0 Å². The van der Waals surface area contributed by atoms with Crippen molar-refractivity contribution in [1.29, 1.82) is 0 Å². The molecule has 0 aliphatic heterocycles. The van der Waals surface area contributed by atoms with Crippen molar-refractivity contribution >= 4 is 0 Å². The molecule has 0 spiro atoms. The normalized spacial score (nSPS) is 12.7. The van der Waals surface area contributed by atoms with E-state index in [2.05, 4.69) is 43.4 Å². The summed E-state index contributed by atoms with van der Waals surface area (Å²) >= 11 is 0. The van der Waals surface area contributed by atoms with Gasteiger partial charge in [-0.3, -0.25) is 0 Å². The maximum absolute atomic E-state index is 8.67. The SMILES string of the molecule is Cc1ccc(CCC(C)NCCO)cc1. The van der Waals surface area contributed by atoms with Gasteiger partial charge in [-0.25, -0.2) is 0 Å². The van der Waals surface area contributed by atoms with E-state index >= 15 is 0 Å². The molecule has 84 valence electrons. The Morgan fingerprint density at radius 2 is 1.93 bits per heavy atom. The Balaban J connectivity index is 2.27. The number of hydrogen-bond donors (Lipinski definition) is 2. The van der Waals surface area contributed by atoms with Crippen molar-refractivity contribution in [1.82, 2.24) is 5.32 Å². The smallest absolute Gasteiger partial charge is 0.0556 e. The van der Waals surface area contributed by atoms with E-state index in [0.29, 0.717) is 12.6 Å². The molecule has 15 heavy (non-hydrogen) atoms. The number of hydrogen-bond acceptors (Lipinski definition) is 2. The standard InChI is InChI=1S/C13H21NO/c1-11-3-6-13(7-4-11)8-5-12(2)14-9-10-15/h3-4,6-7,12,14-15H,5,8-10H2,1-2H3. The molecule has 0 aromatic heterocycles. The molecule has 0 saturated carbocycles. The topological polar surface area (TPSA) is 32.3 Å². The average molecular weight is 207 g/mol. The summed E-state index contributed by atoms with van der Waals surface area (Å²) < 4.78 is 0. The Kier molecular flexibility index (Phi) is 5.37. The lowest BCUT2D eigenvalue weighted by atomic mass is 10.0. The highest BCUT2D eigenvalue weighted by Gasteiger charge is 2.00. The van der Waals surface area contributed by atoms with E-state index in [9.17, 15) is 0 Å². The maximum Gasteiger partial charge on any atom is 0.0556 e. The summed E-state index contributed by atoms with van der Waals surface area (Å²) in [6.45, 7) is 5.17. The zero-order valence-electron chi connectivity index (χ0n) is 9.66. The number of aliphatic hydroxyl groups excluding tert-OH is 1. The van der Waals surface area contributed by atoms with E-state index < -0.39 is 0 Å². The van der Waals surface area contributed by atoms with Gasteiger partial charge in [-0.2, -0.15) is 0 Å². The molecule has 2 heteroatoms. The number of aryl methyl sites for hydroxylation is 2. The third kappa shape index (κ3) is 4.96. The van der Waals surface area contributed by atoms with E-state index in [1.54, 1.807) is 0 Å². The molecule has 1 rings (SSSR count). The van der Waals surface area contributed by atoms with Gasteiger partial charge in [0, 0.05) is 12.6 Å². The molecule has 0 amide bonds. The molecule has 0 bridgehead atoms. The molecular weight excluding hydrogens is 186 g/mol. The third-order valence-electron chi connectivity index (χ3n) is 2.59. The number of aliphatic hydroxyl groups is 1. The first-order valence-corrected chi connectivity index (χ1v) is 5.62. The van der Waals surface area contributed by atoms with Crippen LogP contribution in [0, 0.1) is 6.92 Å². The highest BCUT2D eigenvalue weighted by atomic mass is 16.3. The average Bonchev–Trinajstić information content (AvgIpc) is 2.25. The van der Waals surface area contributed by atoms with E-state index in [4.69, 9.17) is 5.11 Å². The van der Waals surface area contributed by atoms with Gasteiger partial charge in [0.1, 0.15) is 0 Å². The zero-order chi connectivity index (χ0) is 11.1. The lowest BCUT2D eigenvalue weighted by Crippen LogP contribution is -2.29. The van der Waals surface area contributed by atoms with Gasteiger partial charge in [0.05, 0.1) is 6.61 Å². The van der Waals surface area contributed by atoms with Crippen LogP contribution in [-0.2, 0) is 6.42 Å². The minimum absolute atomic E-state index is 0.217. The molecule has 0 fully saturated rings. The summed E-state index contributed by atoms with van der Waals surface area (Å²) in [7, 11) is 0. The lowest BCUT2D eigenvalue weighted by Gasteiger charge is -2.12. The van der Waals surface area contributed by atoms with Crippen molar-refractivity contribution in [2.75, 3.05) is 13.2 Å². The molecule has 2 N–H and O–H groups in total. The third-order valence-corrected chi connectivity index (χ3v) is 2.59.